The third kappa shape index (κ3) is 3.03. The van der Waals surface area contributed by atoms with Gasteiger partial charge in [0.05, 0.1) is 5.69 Å². The average molecular weight is 285 g/mol. The van der Waals surface area contributed by atoms with Crippen LogP contribution in [0.4, 0.5) is 5.69 Å². The van der Waals surface area contributed by atoms with Gasteiger partial charge in [-0.2, -0.15) is 4.72 Å². The van der Waals surface area contributed by atoms with Gasteiger partial charge in [-0.3, -0.25) is 4.79 Å². The lowest BCUT2D eigenvalue weighted by Gasteiger charge is -2.26. The molecule has 1 fully saturated rings. The summed E-state index contributed by atoms with van der Waals surface area (Å²) in [6.07, 6.45) is -0.391. The molecule has 1 aliphatic rings. The van der Waals surface area contributed by atoms with E-state index in [1.54, 1.807) is 12.1 Å². The number of nitrogens with two attached hydrogens (primary N) is 1. The highest BCUT2D eigenvalue weighted by Crippen LogP contribution is 2.18. The number of sulfonamides is 1. The van der Waals surface area contributed by atoms with Gasteiger partial charge >= 0.3 is 0 Å². The monoisotopic (exact) mass is 285 g/mol. The van der Waals surface area contributed by atoms with Crippen molar-refractivity contribution in [3.63, 3.8) is 0 Å². The molecule has 0 aromatic heterocycles. The maximum absolute atomic E-state index is 12.1. The number of nitrogen functional groups attached to an aromatic ring is 1. The topological polar surface area (TPSA) is 122 Å². The van der Waals surface area contributed by atoms with Crippen molar-refractivity contribution in [3.05, 3.63) is 24.3 Å². The Bertz CT molecular complexity index is 587. The molecule has 8 heteroatoms. The van der Waals surface area contributed by atoms with Gasteiger partial charge in [0.15, 0.2) is 0 Å². The number of carbonyl (C=O) groups is 1. The van der Waals surface area contributed by atoms with E-state index in [-0.39, 0.29) is 17.0 Å². The van der Waals surface area contributed by atoms with Gasteiger partial charge < -0.3 is 16.2 Å². The van der Waals surface area contributed by atoms with Gasteiger partial charge in [0.25, 0.3) is 0 Å². The second-order valence-corrected chi connectivity index (χ2v) is 6.00. The Labute approximate surface area is 110 Å². The third-order valence-electron chi connectivity index (χ3n) is 2.86. The molecule has 0 aliphatic carbocycles. The number of para-hydroxylation sites is 1. The summed E-state index contributed by atoms with van der Waals surface area (Å²) >= 11 is 0. The van der Waals surface area contributed by atoms with Crippen molar-refractivity contribution in [2.75, 3.05) is 5.73 Å². The van der Waals surface area contributed by atoms with Crippen molar-refractivity contribution in [1.29, 1.82) is 0 Å². The number of aliphatic hydroxyl groups excluding tert-OH is 1. The number of hydrogen-bond acceptors (Lipinski definition) is 5. The lowest BCUT2D eigenvalue weighted by atomic mass is 10.1. The first-order chi connectivity index (χ1) is 8.90. The number of rotatable bonds is 3. The SMILES string of the molecule is Nc1ccccc1S(=O)(=O)NC1CCC(O)NC1=O. The minimum Gasteiger partial charge on any atom is -0.398 e. The molecule has 1 aromatic rings. The van der Waals surface area contributed by atoms with Gasteiger partial charge in [-0.15, -0.1) is 0 Å². The van der Waals surface area contributed by atoms with Crippen molar-refractivity contribution in [3.8, 4) is 0 Å². The predicted octanol–water partition coefficient (Wildman–Crippen LogP) is -0.856. The van der Waals surface area contributed by atoms with Crippen molar-refractivity contribution in [1.82, 2.24) is 10.0 Å². The first kappa shape index (κ1) is 13.8. The number of carbonyl (C=O) groups excluding carboxylic acids is 1. The molecule has 2 unspecified atom stereocenters. The number of piperidine rings is 1. The summed E-state index contributed by atoms with van der Waals surface area (Å²) in [5.74, 6) is -0.545. The van der Waals surface area contributed by atoms with Crippen LogP contribution in [0.2, 0.25) is 0 Å². The molecule has 0 saturated carbocycles. The number of aliphatic hydroxyl groups is 1. The van der Waals surface area contributed by atoms with Crippen molar-refractivity contribution >= 4 is 21.6 Å². The van der Waals surface area contributed by atoms with Crippen LogP contribution in [0.15, 0.2) is 29.2 Å². The standard InChI is InChI=1S/C11H15N3O4S/c12-7-3-1-2-4-9(7)19(17,18)14-8-5-6-10(15)13-11(8)16/h1-4,8,10,14-15H,5-6,12H2,(H,13,16). The molecule has 0 radical (unpaired) electrons. The fraction of sp³-hybridized carbons (Fsp3) is 0.364. The van der Waals surface area contributed by atoms with Crippen LogP contribution < -0.4 is 15.8 Å². The van der Waals surface area contributed by atoms with E-state index in [0.717, 1.165) is 0 Å². The number of anilines is 1. The lowest BCUT2D eigenvalue weighted by Crippen LogP contribution is -2.53. The number of hydrogen-bond donors (Lipinski definition) is 4. The summed E-state index contributed by atoms with van der Waals surface area (Å²) in [6, 6.07) is 5.12. The van der Waals surface area contributed by atoms with Gasteiger partial charge in [0.1, 0.15) is 17.2 Å². The summed E-state index contributed by atoms with van der Waals surface area (Å²) in [6.45, 7) is 0. The Kier molecular flexibility index (Phi) is 3.74. The third-order valence-corrected chi connectivity index (χ3v) is 4.41. The highest BCUT2D eigenvalue weighted by Gasteiger charge is 2.31. The van der Waals surface area contributed by atoms with Gasteiger partial charge in [0, 0.05) is 0 Å². The summed E-state index contributed by atoms with van der Waals surface area (Å²) < 4.78 is 26.5. The van der Waals surface area contributed by atoms with E-state index < -0.39 is 28.2 Å². The second-order valence-electron chi connectivity index (χ2n) is 4.31. The number of benzene rings is 1. The zero-order valence-electron chi connectivity index (χ0n) is 10.0. The Balaban J connectivity index is 2.19. The minimum absolute atomic E-state index is 0.0612. The first-order valence-corrected chi connectivity index (χ1v) is 7.24. The van der Waals surface area contributed by atoms with Gasteiger partial charge in [-0.1, -0.05) is 12.1 Å². The van der Waals surface area contributed by atoms with Crippen LogP contribution in [0.1, 0.15) is 12.8 Å². The highest BCUT2D eigenvalue weighted by atomic mass is 32.2. The smallest absolute Gasteiger partial charge is 0.243 e. The zero-order valence-corrected chi connectivity index (χ0v) is 10.9. The molecule has 5 N–H and O–H groups in total. The predicted molar refractivity (Wildman–Crippen MR) is 68.3 cm³/mol. The van der Waals surface area contributed by atoms with Gasteiger partial charge in [-0.05, 0) is 25.0 Å². The van der Waals surface area contributed by atoms with Crippen LogP contribution in [-0.2, 0) is 14.8 Å². The molecule has 104 valence electrons. The zero-order chi connectivity index (χ0) is 14.0. The Morgan fingerprint density at radius 2 is 2.00 bits per heavy atom. The molecule has 7 nitrogen and oxygen atoms in total. The van der Waals surface area contributed by atoms with E-state index in [9.17, 15) is 18.3 Å². The molecule has 0 spiro atoms. The molecule has 1 heterocycles. The summed E-state index contributed by atoms with van der Waals surface area (Å²) in [4.78, 5) is 11.5. The van der Waals surface area contributed by atoms with Crippen molar-refractivity contribution < 1.29 is 18.3 Å². The van der Waals surface area contributed by atoms with Crippen LogP contribution in [0.3, 0.4) is 0 Å². The van der Waals surface area contributed by atoms with Crippen LogP contribution in [0.5, 0.6) is 0 Å². The quantitative estimate of drug-likeness (QED) is 0.539. The molecule has 1 amide bonds. The largest absolute Gasteiger partial charge is 0.398 e. The van der Waals surface area contributed by atoms with E-state index >= 15 is 0 Å². The fourth-order valence-corrected chi connectivity index (χ4v) is 3.24. The Morgan fingerprint density at radius 1 is 1.32 bits per heavy atom. The number of amides is 1. The number of nitrogens with one attached hydrogen (secondary N) is 2. The van der Waals surface area contributed by atoms with Crippen LogP contribution in [0, 0.1) is 0 Å². The molecule has 1 aliphatic heterocycles. The Hall–Kier alpha value is -1.64. The summed E-state index contributed by atoms with van der Waals surface area (Å²) in [5.41, 5.74) is 5.73. The fourth-order valence-electron chi connectivity index (χ4n) is 1.88. The highest BCUT2D eigenvalue weighted by molar-refractivity contribution is 7.89. The maximum Gasteiger partial charge on any atom is 0.243 e. The molecule has 0 bridgehead atoms. The lowest BCUT2D eigenvalue weighted by molar-refractivity contribution is -0.128. The van der Waals surface area contributed by atoms with E-state index in [4.69, 9.17) is 5.73 Å². The molecule has 2 rings (SSSR count). The summed E-state index contributed by atoms with van der Waals surface area (Å²) in [5, 5.41) is 11.5. The normalized spacial score (nSPS) is 23.9. The molecular formula is C11H15N3O4S. The molecular weight excluding hydrogens is 270 g/mol. The molecule has 1 aromatic carbocycles. The van der Waals surface area contributed by atoms with Crippen molar-refractivity contribution in [2.45, 2.75) is 30.0 Å². The molecule has 2 atom stereocenters. The molecule has 19 heavy (non-hydrogen) atoms. The van der Waals surface area contributed by atoms with Gasteiger partial charge in [0.2, 0.25) is 15.9 Å². The van der Waals surface area contributed by atoms with Crippen LogP contribution >= 0.6 is 0 Å². The van der Waals surface area contributed by atoms with E-state index in [0.29, 0.717) is 6.42 Å². The van der Waals surface area contributed by atoms with E-state index in [1.807, 2.05) is 0 Å². The van der Waals surface area contributed by atoms with Crippen molar-refractivity contribution in [2.24, 2.45) is 0 Å². The average Bonchev–Trinajstić information content (AvgIpc) is 2.33. The second kappa shape index (κ2) is 5.16. The van der Waals surface area contributed by atoms with Gasteiger partial charge in [-0.25, -0.2) is 8.42 Å². The maximum atomic E-state index is 12.1. The van der Waals surface area contributed by atoms with Crippen LogP contribution in [-0.4, -0.2) is 31.7 Å². The molecule has 1 saturated heterocycles. The van der Waals surface area contributed by atoms with Crippen LogP contribution in [0.25, 0.3) is 0 Å². The van der Waals surface area contributed by atoms with E-state index in [1.165, 1.54) is 12.1 Å². The Morgan fingerprint density at radius 3 is 2.63 bits per heavy atom. The minimum atomic E-state index is -3.86. The first-order valence-electron chi connectivity index (χ1n) is 5.75. The van der Waals surface area contributed by atoms with E-state index in [2.05, 4.69) is 10.0 Å². The summed E-state index contributed by atoms with van der Waals surface area (Å²) in [7, 11) is -3.86.